The number of aliphatic carboxylic acids is 1. The summed E-state index contributed by atoms with van der Waals surface area (Å²) in [7, 11) is 0. The summed E-state index contributed by atoms with van der Waals surface area (Å²) in [4.78, 5) is 15.1. The number of halogens is 1. The third-order valence-electron chi connectivity index (χ3n) is 4.84. The van der Waals surface area contributed by atoms with Crippen LogP contribution >= 0.6 is 11.6 Å². The van der Waals surface area contributed by atoms with E-state index >= 15 is 0 Å². The lowest BCUT2D eigenvalue weighted by Crippen LogP contribution is -2.09. The fourth-order valence-corrected chi connectivity index (χ4v) is 3.67. The molecule has 4 nitrogen and oxygen atoms in total. The van der Waals surface area contributed by atoms with Gasteiger partial charge in [-0.1, -0.05) is 54.9 Å². The summed E-state index contributed by atoms with van der Waals surface area (Å²) in [6, 6.07) is 16.8. The van der Waals surface area contributed by atoms with E-state index in [0.717, 1.165) is 33.5 Å². The van der Waals surface area contributed by atoms with Crippen LogP contribution in [0.2, 0.25) is 5.02 Å². The lowest BCUT2D eigenvalue weighted by atomic mass is 9.89. The molecular formula is C23H22ClNO3. The van der Waals surface area contributed by atoms with E-state index in [2.05, 4.69) is 4.98 Å². The van der Waals surface area contributed by atoms with Gasteiger partial charge in [0.15, 0.2) is 0 Å². The van der Waals surface area contributed by atoms with Gasteiger partial charge in [0.1, 0.15) is 0 Å². The molecule has 0 radical (unpaired) electrons. The molecule has 144 valence electrons. The first kappa shape index (κ1) is 20.1. The van der Waals surface area contributed by atoms with E-state index in [-0.39, 0.29) is 12.3 Å². The van der Waals surface area contributed by atoms with Crippen molar-refractivity contribution in [3.05, 3.63) is 88.2 Å². The summed E-state index contributed by atoms with van der Waals surface area (Å²) in [5, 5.41) is 20.3. The van der Waals surface area contributed by atoms with Crippen molar-refractivity contribution < 1.29 is 15.0 Å². The molecule has 0 amide bonds. The minimum Gasteiger partial charge on any atom is -0.481 e. The number of rotatable bonds is 6. The van der Waals surface area contributed by atoms with Gasteiger partial charge in [-0.15, -0.1) is 0 Å². The number of aliphatic hydroxyl groups is 1. The Hall–Kier alpha value is -2.69. The van der Waals surface area contributed by atoms with E-state index in [9.17, 15) is 9.90 Å². The van der Waals surface area contributed by atoms with Gasteiger partial charge in [-0.2, -0.15) is 0 Å². The molecule has 0 saturated heterocycles. The van der Waals surface area contributed by atoms with Crippen LogP contribution in [0.15, 0.2) is 60.8 Å². The summed E-state index contributed by atoms with van der Waals surface area (Å²) in [5.74, 6) is -1.05. The van der Waals surface area contributed by atoms with Crippen molar-refractivity contribution in [2.24, 2.45) is 0 Å². The zero-order valence-corrected chi connectivity index (χ0v) is 16.5. The van der Waals surface area contributed by atoms with Crippen LogP contribution in [0, 0.1) is 6.92 Å². The van der Waals surface area contributed by atoms with Gasteiger partial charge < -0.3 is 10.2 Å². The fraction of sp³-hybridized carbons (Fsp3) is 0.217. The van der Waals surface area contributed by atoms with E-state index in [4.69, 9.17) is 16.7 Å². The quantitative estimate of drug-likeness (QED) is 0.603. The molecule has 3 rings (SSSR count). The number of pyridine rings is 1. The normalized spacial score (nSPS) is 13.1. The molecule has 2 aromatic carbocycles. The topological polar surface area (TPSA) is 70.4 Å². The molecule has 0 aliphatic rings. The maximum absolute atomic E-state index is 10.9. The van der Waals surface area contributed by atoms with E-state index in [1.165, 1.54) is 0 Å². The van der Waals surface area contributed by atoms with Crippen LogP contribution in [0.4, 0.5) is 0 Å². The second-order valence-corrected chi connectivity index (χ2v) is 7.38. The minimum absolute atomic E-state index is 0.0196. The minimum atomic E-state index is -0.861. The molecule has 0 bridgehead atoms. The molecule has 5 heteroatoms. The summed E-state index contributed by atoms with van der Waals surface area (Å²) in [6.45, 7) is 3.83. The number of aromatic nitrogens is 1. The molecule has 0 spiro atoms. The average Bonchev–Trinajstić information content (AvgIpc) is 2.66. The lowest BCUT2D eigenvalue weighted by molar-refractivity contribution is -0.136. The molecule has 1 aromatic heterocycles. The van der Waals surface area contributed by atoms with Crippen LogP contribution in [0.1, 0.15) is 41.3 Å². The van der Waals surface area contributed by atoms with E-state index in [1.54, 1.807) is 12.3 Å². The van der Waals surface area contributed by atoms with E-state index < -0.39 is 12.1 Å². The average molecular weight is 396 g/mol. The first-order chi connectivity index (χ1) is 13.3. The van der Waals surface area contributed by atoms with Crippen molar-refractivity contribution in [3.8, 4) is 11.1 Å². The monoisotopic (exact) mass is 395 g/mol. The highest BCUT2D eigenvalue weighted by Crippen LogP contribution is 2.36. The van der Waals surface area contributed by atoms with Gasteiger partial charge in [-0.05, 0) is 52.9 Å². The van der Waals surface area contributed by atoms with Gasteiger partial charge in [-0.3, -0.25) is 9.78 Å². The number of hydrogen-bond donors (Lipinski definition) is 2. The van der Waals surface area contributed by atoms with Crippen molar-refractivity contribution >= 4 is 17.6 Å². The smallest absolute Gasteiger partial charge is 0.307 e. The number of nitrogens with zero attached hydrogens (tertiary/aromatic N) is 1. The summed E-state index contributed by atoms with van der Waals surface area (Å²) in [6.07, 6.45) is 0.980. The molecule has 0 aliphatic heterocycles. The molecule has 0 aliphatic carbocycles. The third-order valence-corrected chi connectivity index (χ3v) is 5.17. The summed E-state index contributed by atoms with van der Waals surface area (Å²) >= 11 is 6.54. The van der Waals surface area contributed by atoms with Crippen LogP contribution in [-0.2, 0) is 11.2 Å². The van der Waals surface area contributed by atoms with Gasteiger partial charge in [0, 0.05) is 22.8 Å². The molecule has 2 unspecified atom stereocenters. The number of benzene rings is 2. The van der Waals surface area contributed by atoms with Crippen molar-refractivity contribution in [1.82, 2.24) is 4.98 Å². The number of carboxylic acids is 1. The number of carbonyl (C=O) groups is 1. The number of hydrogen-bond acceptors (Lipinski definition) is 3. The highest BCUT2D eigenvalue weighted by Gasteiger charge is 2.21. The van der Waals surface area contributed by atoms with Crippen molar-refractivity contribution in [2.45, 2.75) is 32.3 Å². The molecule has 28 heavy (non-hydrogen) atoms. The first-order valence-electron chi connectivity index (χ1n) is 9.06. The van der Waals surface area contributed by atoms with Crippen LogP contribution in [0.3, 0.4) is 0 Å². The maximum atomic E-state index is 10.9. The number of aliphatic hydroxyl groups excluding tert-OH is 1. The van der Waals surface area contributed by atoms with Crippen LogP contribution < -0.4 is 0 Å². The SMILES string of the molecule is Cc1cc(C(O)C(C)c2ccc(-c3cccc(CC(=O)O)c3)cc2Cl)ccn1. The van der Waals surface area contributed by atoms with Gasteiger partial charge in [0.05, 0.1) is 12.5 Å². The highest BCUT2D eigenvalue weighted by molar-refractivity contribution is 6.31. The Morgan fingerprint density at radius 2 is 1.86 bits per heavy atom. The molecule has 2 N–H and O–H groups in total. The zero-order valence-electron chi connectivity index (χ0n) is 15.8. The Morgan fingerprint density at radius 1 is 1.11 bits per heavy atom. The third kappa shape index (κ3) is 4.58. The molecule has 2 atom stereocenters. The Morgan fingerprint density at radius 3 is 2.54 bits per heavy atom. The Bertz CT molecular complexity index is 1000. The lowest BCUT2D eigenvalue weighted by Gasteiger charge is -2.21. The Labute approximate surface area is 169 Å². The second kappa shape index (κ2) is 8.55. The summed E-state index contributed by atoms with van der Waals surface area (Å²) in [5.41, 5.74) is 5.07. The van der Waals surface area contributed by atoms with E-state index in [1.807, 2.05) is 62.4 Å². The van der Waals surface area contributed by atoms with Crippen LogP contribution in [-0.4, -0.2) is 21.2 Å². The predicted octanol–water partition coefficient (Wildman–Crippen LogP) is 5.17. The summed E-state index contributed by atoms with van der Waals surface area (Å²) < 4.78 is 0. The van der Waals surface area contributed by atoms with Crippen LogP contribution in [0.25, 0.3) is 11.1 Å². The maximum Gasteiger partial charge on any atom is 0.307 e. The van der Waals surface area contributed by atoms with Gasteiger partial charge in [0.25, 0.3) is 0 Å². The molecule has 0 fully saturated rings. The van der Waals surface area contributed by atoms with Crippen molar-refractivity contribution in [3.63, 3.8) is 0 Å². The van der Waals surface area contributed by atoms with Crippen LogP contribution in [0.5, 0.6) is 0 Å². The zero-order chi connectivity index (χ0) is 20.3. The predicted molar refractivity (Wildman–Crippen MR) is 111 cm³/mol. The number of aryl methyl sites for hydroxylation is 1. The standard InChI is InChI=1S/C23H22ClNO3/c1-14-10-19(8-9-25-14)23(28)15(2)20-7-6-18(13-21(20)24)17-5-3-4-16(11-17)12-22(26)27/h3-11,13,15,23,28H,12H2,1-2H3,(H,26,27). The van der Waals surface area contributed by atoms with Crippen molar-refractivity contribution in [1.29, 1.82) is 0 Å². The molecular weight excluding hydrogens is 374 g/mol. The van der Waals surface area contributed by atoms with E-state index in [0.29, 0.717) is 5.02 Å². The highest BCUT2D eigenvalue weighted by atomic mass is 35.5. The van der Waals surface area contributed by atoms with Gasteiger partial charge in [0.2, 0.25) is 0 Å². The fourth-order valence-electron chi connectivity index (χ4n) is 3.32. The van der Waals surface area contributed by atoms with Gasteiger partial charge >= 0.3 is 5.97 Å². The van der Waals surface area contributed by atoms with Crippen molar-refractivity contribution in [2.75, 3.05) is 0 Å². The van der Waals surface area contributed by atoms with Gasteiger partial charge in [-0.25, -0.2) is 0 Å². The molecule has 0 saturated carbocycles. The second-order valence-electron chi connectivity index (χ2n) is 6.97. The molecule has 1 heterocycles. The Kier molecular flexibility index (Phi) is 6.12. The molecule has 3 aromatic rings. The number of carboxylic acid groups (broad SMARTS) is 1. The largest absolute Gasteiger partial charge is 0.481 e. The first-order valence-corrected chi connectivity index (χ1v) is 9.44. The Balaban J connectivity index is 1.87.